The topological polar surface area (TPSA) is 67.9 Å². The molecular formula is C11H21N5. The zero-order valence-corrected chi connectivity index (χ0v) is 10.8. The van der Waals surface area contributed by atoms with Gasteiger partial charge >= 0.3 is 0 Å². The van der Waals surface area contributed by atoms with Crippen LogP contribution in [0.15, 0.2) is 0 Å². The van der Waals surface area contributed by atoms with Gasteiger partial charge < -0.3 is 10.6 Å². The second kappa shape index (κ2) is 4.63. The van der Waals surface area contributed by atoms with Crippen molar-refractivity contribution in [1.82, 2.24) is 15.0 Å². The molecule has 1 aromatic rings. The van der Waals surface area contributed by atoms with E-state index in [-0.39, 0.29) is 5.41 Å². The van der Waals surface area contributed by atoms with Crippen LogP contribution in [0.4, 0.5) is 11.9 Å². The lowest BCUT2D eigenvalue weighted by molar-refractivity contribution is 0.541. The Morgan fingerprint density at radius 3 is 2.06 bits per heavy atom. The van der Waals surface area contributed by atoms with E-state index in [9.17, 15) is 0 Å². The molecule has 0 unspecified atom stereocenters. The van der Waals surface area contributed by atoms with Crippen molar-refractivity contribution < 1.29 is 0 Å². The number of nitrogens with zero attached hydrogens (tertiary/aromatic N) is 4. The summed E-state index contributed by atoms with van der Waals surface area (Å²) in [5.41, 5.74) is 5.60. The molecule has 0 aliphatic carbocycles. The Labute approximate surface area is 97.1 Å². The summed E-state index contributed by atoms with van der Waals surface area (Å²) in [6.45, 7) is 12.1. The summed E-state index contributed by atoms with van der Waals surface area (Å²) in [7, 11) is 0. The summed E-state index contributed by atoms with van der Waals surface area (Å²) < 4.78 is 0. The summed E-state index contributed by atoms with van der Waals surface area (Å²) in [6, 6.07) is 0. The van der Waals surface area contributed by atoms with Gasteiger partial charge in [0.2, 0.25) is 11.9 Å². The van der Waals surface area contributed by atoms with Gasteiger partial charge in [-0.25, -0.2) is 0 Å². The minimum atomic E-state index is -0.112. The van der Waals surface area contributed by atoms with Crippen molar-refractivity contribution in [2.75, 3.05) is 23.7 Å². The van der Waals surface area contributed by atoms with Gasteiger partial charge in [0.25, 0.3) is 0 Å². The first-order valence-electron chi connectivity index (χ1n) is 5.65. The van der Waals surface area contributed by atoms with Crippen molar-refractivity contribution in [3.8, 4) is 0 Å². The number of anilines is 2. The molecular weight excluding hydrogens is 202 g/mol. The minimum absolute atomic E-state index is 0.112. The first-order chi connectivity index (χ1) is 7.38. The predicted molar refractivity (Wildman–Crippen MR) is 66.5 cm³/mol. The number of hydrogen-bond acceptors (Lipinski definition) is 5. The number of hydrogen-bond donors (Lipinski definition) is 1. The number of nitrogen functional groups attached to an aromatic ring is 1. The first-order valence-corrected chi connectivity index (χ1v) is 5.65. The molecule has 0 spiro atoms. The maximum atomic E-state index is 5.71. The molecule has 1 aromatic heterocycles. The van der Waals surface area contributed by atoms with Gasteiger partial charge in [0, 0.05) is 18.5 Å². The predicted octanol–water partition coefficient (Wildman–Crippen LogP) is 1.60. The van der Waals surface area contributed by atoms with Crippen LogP contribution in [0, 0.1) is 0 Å². The van der Waals surface area contributed by atoms with Crippen LogP contribution < -0.4 is 10.6 Å². The van der Waals surface area contributed by atoms with Gasteiger partial charge in [0.05, 0.1) is 0 Å². The monoisotopic (exact) mass is 223 g/mol. The van der Waals surface area contributed by atoms with Crippen molar-refractivity contribution in [2.45, 2.75) is 40.0 Å². The lowest BCUT2D eigenvalue weighted by Crippen LogP contribution is -2.27. The third kappa shape index (κ3) is 2.81. The van der Waals surface area contributed by atoms with E-state index in [0.717, 1.165) is 18.9 Å². The number of rotatable bonds is 3. The van der Waals surface area contributed by atoms with Crippen molar-refractivity contribution in [3.63, 3.8) is 0 Å². The Kier molecular flexibility index (Phi) is 3.67. The van der Waals surface area contributed by atoms with Crippen LogP contribution in [-0.2, 0) is 5.41 Å². The average Bonchev–Trinajstić information content (AvgIpc) is 2.17. The van der Waals surface area contributed by atoms with Crippen LogP contribution in [0.2, 0.25) is 0 Å². The van der Waals surface area contributed by atoms with Gasteiger partial charge in [0.15, 0.2) is 0 Å². The van der Waals surface area contributed by atoms with Crippen molar-refractivity contribution in [3.05, 3.63) is 5.82 Å². The molecule has 0 radical (unpaired) electrons. The average molecular weight is 223 g/mol. The number of nitrogens with two attached hydrogens (primary N) is 1. The lowest BCUT2D eigenvalue weighted by Gasteiger charge is -2.22. The standard InChI is InChI=1S/C11H21N5/c1-6-16(7-2)10-14-8(11(3,4)5)13-9(12)15-10/h6-7H2,1-5H3,(H2,12,13,14,15). The third-order valence-corrected chi connectivity index (χ3v) is 2.36. The SMILES string of the molecule is CCN(CC)c1nc(N)nc(C(C)(C)C)n1. The molecule has 1 heterocycles. The summed E-state index contributed by atoms with van der Waals surface area (Å²) in [5, 5.41) is 0. The molecule has 90 valence electrons. The van der Waals surface area contributed by atoms with Crippen LogP contribution in [0.5, 0.6) is 0 Å². The Morgan fingerprint density at radius 2 is 1.62 bits per heavy atom. The highest BCUT2D eigenvalue weighted by Crippen LogP contribution is 2.20. The fourth-order valence-corrected chi connectivity index (χ4v) is 1.36. The van der Waals surface area contributed by atoms with E-state index in [1.807, 2.05) is 0 Å². The molecule has 0 aliphatic heterocycles. The Bertz CT molecular complexity index is 352. The molecule has 0 amide bonds. The molecule has 0 saturated heterocycles. The molecule has 0 fully saturated rings. The van der Waals surface area contributed by atoms with E-state index < -0.39 is 0 Å². The van der Waals surface area contributed by atoms with Gasteiger partial charge in [-0.3, -0.25) is 0 Å². The summed E-state index contributed by atoms with van der Waals surface area (Å²) in [6.07, 6.45) is 0. The van der Waals surface area contributed by atoms with Gasteiger partial charge in [-0.1, -0.05) is 20.8 Å². The molecule has 1 rings (SSSR count). The highest BCUT2D eigenvalue weighted by Gasteiger charge is 2.20. The van der Waals surface area contributed by atoms with Crippen molar-refractivity contribution >= 4 is 11.9 Å². The zero-order chi connectivity index (χ0) is 12.3. The molecule has 0 aromatic carbocycles. The van der Waals surface area contributed by atoms with Crippen LogP contribution in [0.3, 0.4) is 0 Å². The molecule has 0 bridgehead atoms. The summed E-state index contributed by atoms with van der Waals surface area (Å²) in [5.74, 6) is 1.70. The third-order valence-electron chi connectivity index (χ3n) is 2.36. The molecule has 16 heavy (non-hydrogen) atoms. The van der Waals surface area contributed by atoms with Crippen molar-refractivity contribution in [2.24, 2.45) is 0 Å². The van der Waals surface area contributed by atoms with E-state index in [4.69, 9.17) is 5.73 Å². The second-order valence-corrected chi connectivity index (χ2v) is 4.74. The molecule has 0 atom stereocenters. The van der Waals surface area contributed by atoms with Gasteiger partial charge in [0.1, 0.15) is 5.82 Å². The summed E-state index contributed by atoms with van der Waals surface area (Å²) >= 11 is 0. The Morgan fingerprint density at radius 1 is 1.06 bits per heavy atom. The molecule has 2 N–H and O–H groups in total. The van der Waals surface area contributed by atoms with Gasteiger partial charge in [-0.05, 0) is 13.8 Å². The van der Waals surface area contributed by atoms with Gasteiger partial charge in [-0.2, -0.15) is 15.0 Å². The minimum Gasteiger partial charge on any atom is -0.368 e. The van der Waals surface area contributed by atoms with E-state index in [2.05, 4.69) is 54.5 Å². The quantitative estimate of drug-likeness (QED) is 0.843. The van der Waals surface area contributed by atoms with E-state index in [0.29, 0.717) is 11.9 Å². The van der Waals surface area contributed by atoms with Gasteiger partial charge in [-0.15, -0.1) is 0 Å². The maximum absolute atomic E-state index is 5.71. The number of aromatic nitrogens is 3. The van der Waals surface area contributed by atoms with Crippen LogP contribution in [0.1, 0.15) is 40.4 Å². The Hall–Kier alpha value is -1.39. The fraction of sp³-hybridized carbons (Fsp3) is 0.727. The normalized spacial score (nSPS) is 11.6. The summed E-state index contributed by atoms with van der Waals surface area (Å²) in [4.78, 5) is 14.9. The molecule has 0 saturated carbocycles. The molecule has 0 aliphatic rings. The fourth-order valence-electron chi connectivity index (χ4n) is 1.36. The zero-order valence-electron chi connectivity index (χ0n) is 10.8. The highest BCUT2D eigenvalue weighted by molar-refractivity contribution is 5.35. The van der Waals surface area contributed by atoms with Crippen molar-refractivity contribution in [1.29, 1.82) is 0 Å². The second-order valence-electron chi connectivity index (χ2n) is 4.74. The molecule has 5 heteroatoms. The largest absolute Gasteiger partial charge is 0.368 e. The van der Waals surface area contributed by atoms with Crippen LogP contribution in [-0.4, -0.2) is 28.0 Å². The first kappa shape index (κ1) is 12.7. The smallest absolute Gasteiger partial charge is 0.230 e. The molecule has 5 nitrogen and oxygen atoms in total. The van der Waals surface area contributed by atoms with E-state index in [1.54, 1.807) is 0 Å². The highest BCUT2D eigenvalue weighted by atomic mass is 15.3. The Balaban J connectivity index is 3.17. The van der Waals surface area contributed by atoms with Crippen LogP contribution >= 0.6 is 0 Å². The lowest BCUT2D eigenvalue weighted by atomic mass is 9.96. The van der Waals surface area contributed by atoms with Crippen LogP contribution in [0.25, 0.3) is 0 Å². The van der Waals surface area contributed by atoms with E-state index in [1.165, 1.54) is 0 Å². The maximum Gasteiger partial charge on any atom is 0.230 e. The van der Waals surface area contributed by atoms with E-state index >= 15 is 0 Å².